The zero-order valence-electron chi connectivity index (χ0n) is 11.9. The summed E-state index contributed by atoms with van der Waals surface area (Å²) in [6.07, 6.45) is 0. The van der Waals surface area contributed by atoms with Crippen molar-refractivity contribution in [2.24, 2.45) is 5.41 Å². The van der Waals surface area contributed by atoms with Crippen molar-refractivity contribution in [3.05, 3.63) is 24.3 Å². The maximum atomic E-state index is 12.2. The molecule has 7 nitrogen and oxygen atoms in total. The van der Waals surface area contributed by atoms with Gasteiger partial charge in [0.15, 0.2) is 0 Å². The minimum absolute atomic E-state index is 0.0479. The number of nitrogens with zero attached hydrogens (tertiary/aromatic N) is 1. The van der Waals surface area contributed by atoms with E-state index in [2.05, 4.69) is 5.32 Å². The fourth-order valence-electron chi connectivity index (χ4n) is 2.15. The second-order valence-corrected chi connectivity index (χ2v) is 5.32. The van der Waals surface area contributed by atoms with Crippen LogP contribution in [0, 0.1) is 5.41 Å². The number of carboxylic acids is 1. The fraction of sp³-hybridized carbons (Fsp3) is 0.429. The molecule has 2 amide bonds. The largest absolute Gasteiger partial charge is 0.508 e. The number of aliphatic carboxylic acids is 1. The number of carbonyl (C=O) groups excluding carboxylic acids is 1. The minimum Gasteiger partial charge on any atom is -0.508 e. The Morgan fingerprint density at radius 2 is 2.19 bits per heavy atom. The van der Waals surface area contributed by atoms with Crippen molar-refractivity contribution in [1.29, 1.82) is 0 Å². The zero-order chi connectivity index (χ0) is 15.6. The number of carbonyl (C=O) groups is 2. The molecule has 1 heterocycles. The van der Waals surface area contributed by atoms with Crippen LogP contribution in [-0.2, 0) is 9.53 Å². The van der Waals surface area contributed by atoms with Crippen molar-refractivity contribution >= 4 is 17.7 Å². The summed E-state index contributed by atoms with van der Waals surface area (Å²) in [5, 5.41) is 21.4. The highest BCUT2D eigenvalue weighted by molar-refractivity contribution is 5.92. The van der Waals surface area contributed by atoms with E-state index in [1.54, 1.807) is 19.1 Å². The van der Waals surface area contributed by atoms with Gasteiger partial charge in [0.25, 0.3) is 0 Å². The standard InChI is InChI=1S/C14H18N2O5/c1-14(12(18)19)8-21-7-11(14)15-13(20)16(2)9-4-3-5-10(17)6-9/h3-6,11,17H,7-8H2,1-2H3,(H,15,20)(H,18,19). The van der Waals surface area contributed by atoms with Crippen molar-refractivity contribution in [3.8, 4) is 5.75 Å². The Balaban J connectivity index is 2.09. The summed E-state index contributed by atoms with van der Waals surface area (Å²) in [5.41, 5.74) is -0.640. The number of phenolic OH excluding ortho intramolecular Hbond substituents is 1. The Labute approximate surface area is 122 Å². The van der Waals surface area contributed by atoms with Gasteiger partial charge in [0.1, 0.15) is 11.2 Å². The molecule has 2 unspecified atom stereocenters. The number of benzene rings is 1. The molecule has 7 heteroatoms. The van der Waals surface area contributed by atoms with E-state index in [4.69, 9.17) is 4.74 Å². The van der Waals surface area contributed by atoms with Crippen LogP contribution in [0.1, 0.15) is 6.92 Å². The third kappa shape index (κ3) is 2.92. The van der Waals surface area contributed by atoms with Crippen LogP contribution in [-0.4, -0.2) is 48.5 Å². The maximum absolute atomic E-state index is 12.2. The summed E-state index contributed by atoms with van der Waals surface area (Å²) in [7, 11) is 1.54. The number of ether oxygens (including phenoxy) is 1. The average molecular weight is 294 g/mol. The third-order valence-corrected chi connectivity index (χ3v) is 3.76. The lowest BCUT2D eigenvalue weighted by molar-refractivity contribution is -0.148. The summed E-state index contributed by atoms with van der Waals surface area (Å²) < 4.78 is 5.19. The molecular formula is C14H18N2O5. The Morgan fingerprint density at radius 3 is 2.81 bits per heavy atom. The summed E-state index contributed by atoms with van der Waals surface area (Å²) >= 11 is 0. The van der Waals surface area contributed by atoms with Crippen LogP contribution in [0.5, 0.6) is 5.75 Å². The predicted octanol–water partition coefficient (Wildman–Crippen LogP) is 1.03. The lowest BCUT2D eigenvalue weighted by Crippen LogP contribution is -2.52. The highest BCUT2D eigenvalue weighted by Crippen LogP contribution is 2.29. The molecule has 0 saturated carbocycles. The number of hydrogen-bond acceptors (Lipinski definition) is 4. The highest BCUT2D eigenvalue weighted by Gasteiger charge is 2.47. The number of urea groups is 1. The molecule has 2 atom stereocenters. The normalized spacial score (nSPS) is 24.6. The van der Waals surface area contributed by atoms with Crippen LogP contribution in [0.3, 0.4) is 0 Å². The number of amides is 2. The van der Waals surface area contributed by atoms with E-state index in [-0.39, 0.29) is 19.0 Å². The molecule has 0 aliphatic carbocycles. The smallest absolute Gasteiger partial charge is 0.321 e. The minimum atomic E-state index is -1.14. The van der Waals surface area contributed by atoms with E-state index < -0.39 is 23.5 Å². The Kier molecular flexibility index (Phi) is 4.04. The molecule has 3 N–H and O–H groups in total. The number of phenols is 1. The maximum Gasteiger partial charge on any atom is 0.321 e. The zero-order valence-corrected chi connectivity index (χ0v) is 11.9. The second-order valence-electron chi connectivity index (χ2n) is 5.32. The predicted molar refractivity (Wildman–Crippen MR) is 75.4 cm³/mol. The van der Waals surface area contributed by atoms with Gasteiger partial charge in [-0.15, -0.1) is 0 Å². The first-order valence-corrected chi connectivity index (χ1v) is 6.49. The van der Waals surface area contributed by atoms with Gasteiger partial charge in [-0.25, -0.2) is 4.79 Å². The molecule has 1 aromatic carbocycles. The van der Waals surface area contributed by atoms with Crippen molar-refractivity contribution in [2.45, 2.75) is 13.0 Å². The molecule has 1 aromatic rings. The van der Waals surface area contributed by atoms with Crippen molar-refractivity contribution < 1.29 is 24.5 Å². The third-order valence-electron chi connectivity index (χ3n) is 3.76. The van der Waals surface area contributed by atoms with Gasteiger partial charge in [0.2, 0.25) is 0 Å². The summed E-state index contributed by atoms with van der Waals surface area (Å²) in [4.78, 5) is 24.8. The van der Waals surface area contributed by atoms with E-state index in [9.17, 15) is 19.8 Å². The quantitative estimate of drug-likeness (QED) is 0.773. The van der Waals surface area contributed by atoms with Gasteiger partial charge in [-0.2, -0.15) is 0 Å². The molecule has 2 rings (SSSR count). The monoisotopic (exact) mass is 294 g/mol. The summed E-state index contributed by atoms with van der Waals surface area (Å²) in [6.45, 7) is 1.76. The van der Waals surface area contributed by atoms with Gasteiger partial charge in [-0.05, 0) is 19.1 Å². The van der Waals surface area contributed by atoms with Crippen LogP contribution in [0.4, 0.5) is 10.5 Å². The van der Waals surface area contributed by atoms with E-state index in [0.717, 1.165) is 0 Å². The molecule has 1 aliphatic heterocycles. The molecule has 0 spiro atoms. The van der Waals surface area contributed by atoms with Gasteiger partial charge in [-0.3, -0.25) is 9.69 Å². The fourth-order valence-corrected chi connectivity index (χ4v) is 2.15. The van der Waals surface area contributed by atoms with Crippen LogP contribution in [0.25, 0.3) is 0 Å². The van der Waals surface area contributed by atoms with E-state index >= 15 is 0 Å². The van der Waals surface area contributed by atoms with E-state index in [1.165, 1.54) is 24.1 Å². The lowest BCUT2D eigenvalue weighted by atomic mass is 9.85. The Hall–Kier alpha value is -2.28. The van der Waals surface area contributed by atoms with Crippen LogP contribution >= 0.6 is 0 Å². The van der Waals surface area contributed by atoms with Gasteiger partial charge < -0.3 is 20.3 Å². The molecule has 0 radical (unpaired) electrons. The van der Waals surface area contributed by atoms with Crippen molar-refractivity contribution in [3.63, 3.8) is 0 Å². The Morgan fingerprint density at radius 1 is 1.48 bits per heavy atom. The summed E-state index contributed by atoms with van der Waals surface area (Å²) in [6, 6.07) is 5.17. The molecular weight excluding hydrogens is 276 g/mol. The van der Waals surface area contributed by atoms with Crippen molar-refractivity contribution in [2.75, 3.05) is 25.2 Å². The van der Waals surface area contributed by atoms with Crippen LogP contribution in [0.2, 0.25) is 0 Å². The highest BCUT2D eigenvalue weighted by atomic mass is 16.5. The number of aromatic hydroxyl groups is 1. The SMILES string of the molecule is CN(C(=O)NC1COCC1(C)C(=O)O)c1cccc(O)c1. The van der Waals surface area contributed by atoms with Crippen LogP contribution < -0.4 is 10.2 Å². The van der Waals surface area contributed by atoms with E-state index in [0.29, 0.717) is 5.69 Å². The first-order valence-electron chi connectivity index (χ1n) is 6.49. The van der Waals surface area contributed by atoms with Crippen LogP contribution in [0.15, 0.2) is 24.3 Å². The van der Waals surface area contributed by atoms with Crippen molar-refractivity contribution in [1.82, 2.24) is 5.32 Å². The lowest BCUT2D eigenvalue weighted by Gasteiger charge is -2.28. The number of carboxylic acid groups (broad SMARTS) is 1. The molecule has 0 aromatic heterocycles. The number of rotatable bonds is 3. The van der Waals surface area contributed by atoms with Gasteiger partial charge in [0.05, 0.1) is 19.3 Å². The first kappa shape index (κ1) is 15.1. The first-order chi connectivity index (χ1) is 9.84. The van der Waals surface area contributed by atoms with Gasteiger partial charge in [-0.1, -0.05) is 6.07 Å². The summed E-state index contributed by atoms with van der Waals surface area (Å²) in [5.74, 6) is -0.961. The molecule has 0 bridgehead atoms. The second kappa shape index (κ2) is 5.61. The molecule has 21 heavy (non-hydrogen) atoms. The topological polar surface area (TPSA) is 99.1 Å². The van der Waals surface area contributed by atoms with Gasteiger partial charge in [0, 0.05) is 18.8 Å². The average Bonchev–Trinajstić information content (AvgIpc) is 2.80. The molecule has 1 aliphatic rings. The Bertz CT molecular complexity index is 562. The molecule has 1 fully saturated rings. The number of hydrogen-bond donors (Lipinski definition) is 3. The van der Waals surface area contributed by atoms with E-state index in [1.807, 2.05) is 0 Å². The number of anilines is 1. The molecule has 114 valence electrons. The van der Waals surface area contributed by atoms with Gasteiger partial charge >= 0.3 is 12.0 Å². The molecule has 1 saturated heterocycles. The number of nitrogens with one attached hydrogen (secondary N) is 1.